The van der Waals surface area contributed by atoms with Gasteiger partial charge in [0, 0.05) is 29.8 Å². The monoisotopic (exact) mass is 517 g/mol. The van der Waals surface area contributed by atoms with Gasteiger partial charge in [-0.1, -0.05) is 6.07 Å². The minimum Gasteiger partial charge on any atom is -0.496 e. The summed E-state index contributed by atoms with van der Waals surface area (Å²) < 4.78 is 26.3. The van der Waals surface area contributed by atoms with Crippen molar-refractivity contribution < 1.29 is 28.6 Å². The van der Waals surface area contributed by atoms with Gasteiger partial charge in [0.05, 0.1) is 20.1 Å². The molecule has 3 aromatic rings. The number of carbonyl (C=O) groups excluding carboxylic acids is 1. The number of carboxylic acids is 1. The summed E-state index contributed by atoms with van der Waals surface area (Å²) in [5.74, 6) is -0.528. The maximum atomic E-state index is 15.2. The quantitative estimate of drug-likeness (QED) is 0.460. The summed E-state index contributed by atoms with van der Waals surface area (Å²) in [4.78, 5) is 27.4. The van der Waals surface area contributed by atoms with E-state index in [4.69, 9.17) is 9.47 Å². The number of methoxy groups -OCH3 is 1. The van der Waals surface area contributed by atoms with Crippen molar-refractivity contribution in [3.8, 4) is 22.6 Å². The molecule has 1 amide bonds. The van der Waals surface area contributed by atoms with Crippen LogP contribution in [0.3, 0.4) is 0 Å². The summed E-state index contributed by atoms with van der Waals surface area (Å²) in [5.41, 5.74) is 8.91. The average Bonchev–Trinajstić information content (AvgIpc) is 3.36. The van der Waals surface area contributed by atoms with E-state index in [1.807, 2.05) is 33.8 Å². The van der Waals surface area contributed by atoms with Gasteiger partial charge in [-0.3, -0.25) is 9.59 Å². The first-order valence-electron chi connectivity index (χ1n) is 12.9. The highest BCUT2D eigenvalue weighted by Gasteiger charge is 2.33. The second-order valence-corrected chi connectivity index (χ2v) is 10.2. The Bertz CT molecular complexity index is 1490. The van der Waals surface area contributed by atoms with Crippen LogP contribution in [0.25, 0.3) is 11.1 Å². The van der Waals surface area contributed by atoms with E-state index in [0.29, 0.717) is 54.3 Å². The van der Waals surface area contributed by atoms with E-state index in [2.05, 4.69) is 0 Å². The number of nitrogens with zero attached hydrogens (tertiary/aromatic N) is 1. The Hall–Kier alpha value is -3.87. The molecule has 3 aromatic carbocycles. The molecular weight excluding hydrogens is 485 g/mol. The molecular formula is C31H32FNO5. The lowest BCUT2D eigenvalue weighted by molar-refractivity contribution is -0.136. The van der Waals surface area contributed by atoms with Crippen LogP contribution in [0.1, 0.15) is 61.3 Å². The normalized spacial score (nSPS) is 14.1. The van der Waals surface area contributed by atoms with Crippen molar-refractivity contribution in [2.75, 3.05) is 13.7 Å². The highest BCUT2D eigenvalue weighted by Crippen LogP contribution is 2.44. The molecule has 0 unspecified atom stereocenters. The van der Waals surface area contributed by atoms with E-state index < -0.39 is 11.8 Å². The van der Waals surface area contributed by atoms with Gasteiger partial charge in [0.15, 0.2) is 11.6 Å². The minimum atomic E-state index is -0.953. The Morgan fingerprint density at radius 1 is 1.03 bits per heavy atom. The number of benzene rings is 3. The molecule has 0 bridgehead atoms. The van der Waals surface area contributed by atoms with Crippen LogP contribution in [0.5, 0.6) is 11.5 Å². The minimum absolute atomic E-state index is 0.106. The maximum Gasteiger partial charge on any atom is 0.307 e. The van der Waals surface area contributed by atoms with Crippen LogP contribution >= 0.6 is 0 Å². The molecule has 0 radical (unpaired) electrons. The summed E-state index contributed by atoms with van der Waals surface area (Å²) >= 11 is 0. The molecule has 6 nitrogen and oxygen atoms in total. The molecule has 0 saturated carbocycles. The molecule has 0 aliphatic carbocycles. The first-order chi connectivity index (χ1) is 18.1. The zero-order valence-corrected chi connectivity index (χ0v) is 22.5. The van der Waals surface area contributed by atoms with Crippen LogP contribution in [-0.4, -0.2) is 35.6 Å². The maximum absolute atomic E-state index is 15.2. The van der Waals surface area contributed by atoms with E-state index in [1.54, 1.807) is 24.1 Å². The van der Waals surface area contributed by atoms with Gasteiger partial charge < -0.3 is 19.5 Å². The predicted molar refractivity (Wildman–Crippen MR) is 143 cm³/mol. The van der Waals surface area contributed by atoms with Crippen molar-refractivity contribution in [2.24, 2.45) is 0 Å². The molecule has 198 valence electrons. The zero-order valence-electron chi connectivity index (χ0n) is 22.5. The lowest BCUT2D eigenvalue weighted by Crippen LogP contribution is -2.26. The fourth-order valence-corrected chi connectivity index (χ4v) is 6.10. The van der Waals surface area contributed by atoms with Gasteiger partial charge in [0.2, 0.25) is 0 Å². The number of carbonyl (C=O) groups is 2. The van der Waals surface area contributed by atoms with E-state index in [9.17, 15) is 14.7 Å². The number of aliphatic carboxylic acids is 1. The smallest absolute Gasteiger partial charge is 0.307 e. The van der Waals surface area contributed by atoms with E-state index in [1.165, 1.54) is 6.07 Å². The number of halogens is 1. The average molecular weight is 518 g/mol. The number of carboxylic acid groups (broad SMARTS) is 1. The van der Waals surface area contributed by atoms with Crippen molar-refractivity contribution >= 4 is 11.9 Å². The molecule has 2 aliphatic rings. The summed E-state index contributed by atoms with van der Waals surface area (Å²) in [6.07, 6.45) is 1.33. The van der Waals surface area contributed by atoms with Gasteiger partial charge in [-0.05, 0) is 103 Å². The fraction of sp³-hybridized carbons (Fsp3) is 0.355. The highest BCUT2D eigenvalue weighted by molar-refractivity contribution is 5.97. The van der Waals surface area contributed by atoms with E-state index in [0.717, 1.165) is 50.9 Å². The van der Waals surface area contributed by atoms with Gasteiger partial charge in [-0.25, -0.2) is 4.39 Å². The second-order valence-electron chi connectivity index (χ2n) is 10.2. The van der Waals surface area contributed by atoms with Gasteiger partial charge >= 0.3 is 5.97 Å². The number of hydrogen-bond donors (Lipinski definition) is 1. The molecule has 5 rings (SSSR count). The Balaban J connectivity index is 1.65. The number of hydrogen-bond acceptors (Lipinski definition) is 4. The summed E-state index contributed by atoms with van der Waals surface area (Å²) in [5, 5.41) is 9.82. The molecule has 2 aliphatic heterocycles. The number of fused-ring (bicyclic) bond motifs is 2. The van der Waals surface area contributed by atoms with Crippen molar-refractivity contribution in [1.82, 2.24) is 4.90 Å². The van der Waals surface area contributed by atoms with Gasteiger partial charge in [0.1, 0.15) is 5.75 Å². The van der Waals surface area contributed by atoms with Gasteiger partial charge in [0.25, 0.3) is 5.91 Å². The molecule has 0 atom stereocenters. The van der Waals surface area contributed by atoms with Crippen molar-refractivity contribution in [3.63, 3.8) is 0 Å². The molecule has 7 heteroatoms. The third-order valence-corrected chi connectivity index (χ3v) is 8.15. The molecule has 0 saturated heterocycles. The first kappa shape index (κ1) is 25.8. The van der Waals surface area contributed by atoms with Crippen LogP contribution in [0.2, 0.25) is 0 Å². The molecule has 0 spiro atoms. The Labute approximate surface area is 222 Å². The third kappa shape index (κ3) is 4.10. The highest BCUT2D eigenvalue weighted by atomic mass is 19.1. The van der Waals surface area contributed by atoms with Crippen LogP contribution in [0, 0.1) is 33.5 Å². The molecule has 0 fully saturated rings. The van der Waals surface area contributed by atoms with Gasteiger partial charge in [-0.2, -0.15) is 0 Å². The third-order valence-electron chi connectivity index (χ3n) is 8.15. The topological polar surface area (TPSA) is 76.1 Å². The first-order valence-corrected chi connectivity index (χ1v) is 12.9. The predicted octanol–water partition coefficient (Wildman–Crippen LogP) is 5.84. The molecule has 2 heterocycles. The summed E-state index contributed by atoms with van der Waals surface area (Å²) in [7, 11) is 1.58. The number of ether oxygens (including phenoxy) is 2. The van der Waals surface area contributed by atoms with E-state index >= 15 is 4.39 Å². The Morgan fingerprint density at radius 2 is 1.74 bits per heavy atom. The van der Waals surface area contributed by atoms with Crippen molar-refractivity contribution in [1.29, 1.82) is 0 Å². The number of rotatable bonds is 5. The lowest BCUT2D eigenvalue weighted by Gasteiger charge is -2.25. The summed E-state index contributed by atoms with van der Waals surface area (Å²) in [6.45, 7) is 8.96. The molecule has 1 N–H and O–H groups in total. The number of amides is 1. The van der Waals surface area contributed by atoms with Crippen LogP contribution in [0.15, 0.2) is 24.3 Å². The summed E-state index contributed by atoms with van der Waals surface area (Å²) in [6, 6.07) is 6.91. The standard InChI is InChI=1S/C31H32FNO5/c1-16-20-9-7-11-38-30(20)26(32)12-22(16)29-19(4)25-15-33(14-24(25)17(2)23(29)13-28(34)35)31(36)21-8-6-10-27(37-5)18(21)3/h6,8,10,12H,7,9,11,13-15H2,1-5H3,(H,34,35). The van der Waals surface area contributed by atoms with Gasteiger partial charge in [-0.15, -0.1) is 0 Å². The van der Waals surface area contributed by atoms with Crippen molar-refractivity contribution in [3.05, 3.63) is 80.2 Å². The van der Waals surface area contributed by atoms with Crippen LogP contribution < -0.4 is 9.47 Å². The Kier molecular flexibility index (Phi) is 6.63. The largest absolute Gasteiger partial charge is 0.496 e. The van der Waals surface area contributed by atoms with Crippen LogP contribution in [0.4, 0.5) is 4.39 Å². The zero-order chi connectivity index (χ0) is 27.3. The molecule has 38 heavy (non-hydrogen) atoms. The molecule has 0 aromatic heterocycles. The fourth-order valence-electron chi connectivity index (χ4n) is 6.10. The SMILES string of the molecule is COc1cccc(C(=O)N2Cc3c(C)c(CC(=O)O)c(-c4cc(F)c5c(c4C)CCCO5)c(C)c3C2)c1C. The van der Waals surface area contributed by atoms with Crippen molar-refractivity contribution in [2.45, 2.75) is 60.0 Å². The van der Waals surface area contributed by atoms with E-state index in [-0.39, 0.29) is 12.3 Å². The Morgan fingerprint density at radius 3 is 2.42 bits per heavy atom. The lowest BCUT2D eigenvalue weighted by atomic mass is 9.81. The second kappa shape index (κ2) is 9.78. The van der Waals surface area contributed by atoms with Crippen LogP contribution in [-0.2, 0) is 30.7 Å².